The van der Waals surface area contributed by atoms with Gasteiger partial charge in [0, 0.05) is 6.20 Å². The second-order valence-corrected chi connectivity index (χ2v) is 5.83. The number of rotatable bonds is 2. The molecule has 19 heavy (non-hydrogen) atoms. The molecule has 5 heteroatoms. The zero-order chi connectivity index (χ0) is 14.2. The van der Waals surface area contributed by atoms with E-state index in [1.54, 1.807) is 23.8 Å². The van der Waals surface area contributed by atoms with Crippen LogP contribution >= 0.6 is 11.6 Å². The van der Waals surface area contributed by atoms with Gasteiger partial charge in [-0.15, -0.1) is 0 Å². The van der Waals surface area contributed by atoms with Gasteiger partial charge in [-0.3, -0.25) is 0 Å². The fourth-order valence-electron chi connectivity index (χ4n) is 2.18. The summed E-state index contributed by atoms with van der Waals surface area (Å²) in [6.07, 6.45) is 3.27. The molecular weight excluding hydrogens is 264 g/mol. The minimum Gasteiger partial charge on any atom is -0.462 e. The van der Waals surface area contributed by atoms with E-state index >= 15 is 0 Å². The number of esters is 1. The van der Waals surface area contributed by atoms with E-state index in [4.69, 9.17) is 16.3 Å². The third-order valence-electron chi connectivity index (χ3n) is 2.85. The van der Waals surface area contributed by atoms with Crippen LogP contribution < -0.4 is 0 Å². The van der Waals surface area contributed by atoms with Crippen molar-refractivity contribution >= 4 is 23.1 Å². The largest absolute Gasteiger partial charge is 0.462 e. The van der Waals surface area contributed by atoms with E-state index in [1.807, 2.05) is 26.8 Å². The van der Waals surface area contributed by atoms with E-state index in [9.17, 15) is 4.79 Å². The average molecular weight is 281 g/mol. The maximum Gasteiger partial charge on any atom is 0.340 e. The first-order valence-electron chi connectivity index (χ1n) is 6.19. The van der Waals surface area contributed by atoms with Crippen LogP contribution in [-0.4, -0.2) is 22.2 Å². The molecule has 0 aliphatic rings. The van der Waals surface area contributed by atoms with Crippen molar-refractivity contribution in [3.05, 3.63) is 34.6 Å². The Kier molecular flexibility index (Phi) is 3.54. The van der Waals surface area contributed by atoms with Crippen LogP contribution in [0.1, 0.15) is 43.6 Å². The zero-order valence-corrected chi connectivity index (χ0v) is 12.3. The molecule has 0 bridgehead atoms. The lowest BCUT2D eigenvalue weighted by Gasteiger charge is -2.23. The molecule has 102 valence electrons. The van der Waals surface area contributed by atoms with E-state index in [0.29, 0.717) is 17.2 Å². The second kappa shape index (κ2) is 4.85. The van der Waals surface area contributed by atoms with Crippen molar-refractivity contribution in [3.63, 3.8) is 0 Å². The Morgan fingerprint density at radius 3 is 2.74 bits per heavy atom. The topological polar surface area (TPSA) is 43.6 Å². The van der Waals surface area contributed by atoms with Crippen LogP contribution in [-0.2, 0) is 10.2 Å². The molecule has 0 radical (unpaired) electrons. The summed E-state index contributed by atoms with van der Waals surface area (Å²) in [6.45, 7) is 8.27. The van der Waals surface area contributed by atoms with Crippen LogP contribution in [0.15, 0.2) is 18.5 Å². The van der Waals surface area contributed by atoms with Gasteiger partial charge in [-0.25, -0.2) is 9.31 Å². The molecule has 2 aromatic rings. The molecule has 0 saturated heterocycles. The van der Waals surface area contributed by atoms with E-state index in [2.05, 4.69) is 5.10 Å². The first kappa shape index (κ1) is 13.9. The Hall–Kier alpha value is -1.55. The SMILES string of the molecule is CCOC(=O)c1cnn2cc(Cl)cc2c1C(C)(C)C. The minimum atomic E-state index is -0.347. The highest BCUT2D eigenvalue weighted by molar-refractivity contribution is 6.31. The lowest BCUT2D eigenvalue weighted by atomic mass is 9.84. The monoisotopic (exact) mass is 280 g/mol. The van der Waals surface area contributed by atoms with Crippen molar-refractivity contribution in [1.29, 1.82) is 0 Å². The average Bonchev–Trinajstić information content (AvgIpc) is 2.66. The van der Waals surface area contributed by atoms with Gasteiger partial charge in [0.1, 0.15) is 0 Å². The van der Waals surface area contributed by atoms with Gasteiger partial charge in [-0.1, -0.05) is 32.4 Å². The molecule has 2 rings (SSSR count). The van der Waals surface area contributed by atoms with Gasteiger partial charge in [0.15, 0.2) is 0 Å². The number of aromatic nitrogens is 2. The lowest BCUT2D eigenvalue weighted by molar-refractivity contribution is 0.0523. The predicted octanol–water partition coefficient (Wildman–Crippen LogP) is 3.46. The molecular formula is C14H17ClN2O2. The van der Waals surface area contributed by atoms with E-state index in [0.717, 1.165) is 11.1 Å². The molecule has 0 spiro atoms. The number of carbonyl (C=O) groups excluding carboxylic acids is 1. The van der Waals surface area contributed by atoms with E-state index < -0.39 is 0 Å². The van der Waals surface area contributed by atoms with Gasteiger partial charge in [-0.05, 0) is 24.0 Å². The van der Waals surface area contributed by atoms with Crippen molar-refractivity contribution in [2.75, 3.05) is 6.61 Å². The Morgan fingerprint density at radius 1 is 1.47 bits per heavy atom. The molecule has 4 nitrogen and oxygen atoms in total. The molecule has 0 amide bonds. The molecule has 0 aliphatic heterocycles. The first-order chi connectivity index (χ1) is 8.84. The normalized spacial score (nSPS) is 11.8. The number of carbonyl (C=O) groups is 1. The van der Waals surface area contributed by atoms with Crippen LogP contribution in [0.5, 0.6) is 0 Å². The molecule has 2 heterocycles. The summed E-state index contributed by atoms with van der Waals surface area (Å²) in [5.74, 6) is -0.347. The number of ether oxygens (including phenoxy) is 1. The minimum absolute atomic E-state index is 0.214. The third kappa shape index (κ3) is 2.59. The van der Waals surface area contributed by atoms with Crippen LogP contribution in [0, 0.1) is 0 Å². The predicted molar refractivity (Wildman–Crippen MR) is 74.9 cm³/mol. The first-order valence-corrected chi connectivity index (χ1v) is 6.57. The number of hydrogen-bond acceptors (Lipinski definition) is 3. The number of nitrogens with zero attached hydrogens (tertiary/aromatic N) is 2. The maximum atomic E-state index is 12.1. The Bertz CT molecular complexity index is 626. The Labute approximate surface area is 117 Å². The Morgan fingerprint density at radius 2 is 2.16 bits per heavy atom. The number of halogens is 1. The highest BCUT2D eigenvalue weighted by Gasteiger charge is 2.26. The van der Waals surface area contributed by atoms with Gasteiger partial charge < -0.3 is 4.74 Å². The molecule has 0 aliphatic carbocycles. The molecule has 0 fully saturated rings. The quantitative estimate of drug-likeness (QED) is 0.791. The summed E-state index contributed by atoms with van der Waals surface area (Å²) in [5.41, 5.74) is 2.01. The van der Waals surface area contributed by atoms with Crippen molar-refractivity contribution in [2.45, 2.75) is 33.1 Å². The van der Waals surface area contributed by atoms with Crippen molar-refractivity contribution < 1.29 is 9.53 Å². The van der Waals surface area contributed by atoms with Gasteiger partial charge in [-0.2, -0.15) is 5.10 Å². The third-order valence-corrected chi connectivity index (χ3v) is 3.06. The van der Waals surface area contributed by atoms with Crippen LogP contribution in [0.4, 0.5) is 0 Å². The fraction of sp³-hybridized carbons (Fsp3) is 0.429. The van der Waals surface area contributed by atoms with Crippen LogP contribution in [0.2, 0.25) is 5.02 Å². The summed E-state index contributed by atoms with van der Waals surface area (Å²) in [6, 6.07) is 1.82. The molecule has 0 N–H and O–H groups in total. The molecule has 0 saturated carbocycles. The van der Waals surface area contributed by atoms with Gasteiger partial charge in [0.2, 0.25) is 0 Å². The van der Waals surface area contributed by atoms with E-state index in [1.165, 1.54) is 0 Å². The molecule has 0 atom stereocenters. The Balaban J connectivity index is 2.73. The number of fused-ring (bicyclic) bond motifs is 1. The van der Waals surface area contributed by atoms with Gasteiger partial charge in [0.05, 0.1) is 28.9 Å². The maximum absolute atomic E-state index is 12.1. The van der Waals surface area contributed by atoms with Gasteiger partial charge >= 0.3 is 5.97 Å². The van der Waals surface area contributed by atoms with Crippen molar-refractivity contribution in [1.82, 2.24) is 9.61 Å². The molecule has 0 aromatic carbocycles. The van der Waals surface area contributed by atoms with Crippen LogP contribution in [0.25, 0.3) is 5.52 Å². The number of hydrogen-bond donors (Lipinski definition) is 0. The highest BCUT2D eigenvalue weighted by Crippen LogP contribution is 2.31. The fourth-order valence-corrected chi connectivity index (χ4v) is 2.37. The summed E-state index contributed by atoms with van der Waals surface area (Å²) >= 11 is 6.02. The second-order valence-electron chi connectivity index (χ2n) is 5.39. The summed E-state index contributed by atoms with van der Waals surface area (Å²) in [7, 11) is 0. The summed E-state index contributed by atoms with van der Waals surface area (Å²) in [5, 5.41) is 4.81. The van der Waals surface area contributed by atoms with Crippen molar-refractivity contribution in [2.24, 2.45) is 0 Å². The van der Waals surface area contributed by atoms with Gasteiger partial charge in [0.25, 0.3) is 0 Å². The smallest absolute Gasteiger partial charge is 0.340 e. The standard InChI is InChI=1S/C14H17ClN2O2/c1-5-19-13(18)10-7-16-17-8-9(15)6-11(17)12(10)14(2,3)4/h6-8H,5H2,1-4H3. The zero-order valence-electron chi connectivity index (χ0n) is 11.5. The summed E-state index contributed by atoms with van der Waals surface area (Å²) < 4.78 is 6.78. The highest BCUT2D eigenvalue weighted by atomic mass is 35.5. The molecule has 2 aromatic heterocycles. The van der Waals surface area contributed by atoms with E-state index in [-0.39, 0.29) is 11.4 Å². The van der Waals surface area contributed by atoms with Crippen LogP contribution in [0.3, 0.4) is 0 Å². The summed E-state index contributed by atoms with van der Waals surface area (Å²) in [4.78, 5) is 12.1. The van der Waals surface area contributed by atoms with Crippen molar-refractivity contribution in [3.8, 4) is 0 Å². The lowest BCUT2D eigenvalue weighted by Crippen LogP contribution is -2.20. The molecule has 0 unspecified atom stereocenters.